The van der Waals surface area contributed by atoms with Gasteiger partial charge in [-0.15, -0.1) is 0 Å². The lowest BCUT2D eigenvalue weighted by atomic mass is 10.1. The normalized spacial score (nSPS) is 10.8. The van der Waals surface area contributed by atoms with Gasteiger partial charge in [0.05, 0.1) is 6.61 Å². The Bertz CT molecular complexity index is 513. The maximum atomic E-state index is 4.98. The molecule has 2 rings (SSSR count). The SMILES string of the molecule is COCCNCc1cnc(Cc2cccc(Br)c2)[nH]1. The van der Waals surface area contributed by atoms with Crippen LogP contribution in [0.4, 0.5) is 0 Å². The van der Waals surface area contributed by atoms with E-state index in [1.54, 1.807) is 7.11 Å². The summed E-state index contributed by atoms with van der Waals surface area (Å²) in [6.45, 7) is 2.35. The molecule has 5 heteroatoms. The van der Waals surface area contributed by atoms with Gasteiger partial charge in [-0.25, -0.2) is 4.98 Å². The van der Waals surface area contributed by atoms with Gasteiger partial charge in [-0.2, -0.15) is 0 Å². The van der Waals surface area contributed by atoms with E-state index in [0.717, 1.165) is 42.1 Å². The number of aromatic nitrogens is 2. The second-order valence-corrected chi connectivity index (χ2v) is 5.25. The molecule has 1 aromatic heterocycles. The summed E-state index contributed by atoms with van der Waals surface area (Å²) < 4.78 is 6.08. The van der Waals surface area contributed by atoms with Gasteiger partial charge in [-0.1, -0.05) is 28.1 Å². The first kappa shape index (κ1) is 14.2. The Morgan fingerprint density at radius 2 is 2.32 bits per heavy atom. The molecule has 0 aliphatic heterocycles. The number of halogens is 1. The molecular formula is C14H18BrN3O. The van der Waals surface area contributed by atoms with Gasteiger partial charge in [0.1, 0.15) is 5.82 Å². The third kappa shape index (κ3) is 4.78. The molecule has 1 aromatic carbocycles. The third-order valence-electron chi connectivity index (χ3n) is 2.74. The van der Waals surface area contributed by atoms with Crippen molar-refractivity contribution >= 4 is 15.9 Å². The molecule has 102 valence electrons. The number of benzene rings is 1. The quantitative estimate of drug-likeness (QED) is 0.770. The van der Waals surface area contributed by atoms with Crippen LogP contribution in [-0.4, -0.2) is 30.2 Å². The maximum absolute atomic E-state index is 4.98. The molecule has 0 bridgehead atoms. The summed E-state index contributed by atoms with van der Waals surface area (Å²) in [7, 11) is 1.70. The summed E-state index contributed by atoms with van der Waals surface area (Å²) in [5.74, 6) is 0.988. The molecule has 0 saturated heterocycles. The zero-order valence-electron chi connectivity index (χ0n) is 10.9. The fourth-order valence-electron chi connectivity index (χ4n) is 1.82. The van der Waals surface area contributed by atoms with Gasteiger partial charge in [-0.05, 0) is 17.7 Å². The van der Waals surface area contributed by atoms with Crippen molar-refractivity contribution < 1.29 is 4.74 Å². The molecule has 0 fully saturated rings. The summed E-state index contributed by atoms with van der Waals surface area (Å²) in [4.78, 5) is 7.73. The molecule has 0 atom stereocenters. The molecule has 4 nitrogen and oxygen atoms in total. The first-order valence-corrected chi connectivity index (χ1v) is 7.04. The summed E-state index contributed by atoms with van der Waals surface area (Å²) in [5, 5.41) is 3.29. The Balaban J connectivity index is 1.87. The molecule has 1 heterocycles. The van der Waals surface area contributed by atoms with Gasteiger partial charge in [-0.3, -0.25) is 0 Å². The molecule has 0 aliphatic rings. The van der Waals surface area contributed by atoms with E-state index in [2.05, 4.69) is 43.3 Å². The van der Waals surface area contributed by atoms with E-state index in [4.69, 9.17) is 4.74 Å². The summed E-state index contributed by atoms with van der Waals surface area (Å²) in [6, 6.07) is 8.27. The topological polar surface area (TPSA) is 49.9 Å². The highest BCUT2D eigenvalue weighted by molar-refractivity contribution is 9.10. The molecule has 2 N–H and O–H groups in total. The standard InChI is InChI=1S/C14H18BrN3O/c1-19-6-5-16-9-13-10-17-14(18-13)8-11-3-2-4-12(15)7-11/h2-4,7,10,16H,5-6,8-9H2,1H3,(H,17,18). The lowest BCUT2D eigenvalue weighted by Gasteiger charge is -2.01. The monoisotopic (exact) mass is 323 g/mol. The van der Waals surface area contributed by atoms with Crippen LogP contribution in [-0.2, 0) is 17.7 Å². The van der Waals surface area contributed by atoms with Crippen LogP contribution < -0.4 is 5.32 Å². The number of aromatic amines is 1. The average molecular weight is 324 g/mol. The third-order valence-corrected chi connectivity index (χ3v) is 3.23. The molecule has 19 heavy (non-hydrogen) atoms. The van der Waals surface area contributed by atoms with Crippen LogP contribution in [0.5, 0.6) is 0 Å². The van der Waals surface area contributed by atoms with Crippen molar-refractivity contribution in [2.24, 2.45) is 0 Å². The van der Waals surface area contributed by atoms with Crippen LogP contribution in [0.3, 0.4) is 0 Å². The van der Waals surface area contributed by atoms with Crippen LogP contribution in [0.25, 0.3) is 0 Å². The first-order chi connectivity index (χ1) is 9.28. The minimum absolute atomic E-state index is 0.721. The number of methoxy groups -OCH3 is 1. The lowest BCUT2D eigenvalue weighted by molar-refractivity contribution is 0.199. The van der Waals surface area contributed by atoms with Crippen LogP contribution in [0.2, 0.25) is 0 Å². The molecule has 0 saturated carbocycles. The molecule has 0 spiro atoms. The number of hydrogen-bond acceptors (Lipinski definition) is 3. The zero-order chi connectivity index (χ0) is 13.5. The smallest absolute Gasteiger partial charge is 0.110 e. The van der Waals surface area contributed by atoms with Gasteiger partial charge in [0, 0.05) is 43.0 Å². The predicted octanol–water partition coefficient (Wildman–Crippen LogP) is 2.50. The van der Waals surface area contributed by atoms with Crippen LogP contribution in [0.1, 0.15) is 17.1 Å². The highest BCUT2D eigenvalue weighted by atomic mass is 79.9. The van der Waals surface area contributed by atoms with Crippen molar-refractivity contribution in [2.45, 2.75) is 13.0 Å². The molecule has 0 aliphatic carbocycles. The van der Waals surface area contributed by atoms with Gasteiger partial charge >= 0.3 is 0 Å². The highest BCUT2D eigenvalue weighted by Gasteiger charge is 2.02. The second-order valence-electron chi connectivity index (χ2n) is 4.33. The largest absolute Gasteiger partial charge is 0.383 e. The van der Waals surface area contributed by atoms with Gasteiger partial charge in [0.15, 0.2) is 0 Å². The van der Waals surface area contributed by atoms with Crippen molar-refractivity contribution in [3.8, 4) is 0 Å². The summed E-state index contributed by atoms with van der Waals surface area (Å²) in [6.07, 6.45) is 2.70. The number of hydrogen-bond donors (Lipinski definition) is 2. The van der Waals surface area contributed by atoms with Crippen LogP contribution in [0, 0.1) is 0 Å². The van der Waals surface area contributed by atoms with Crippen molar-refractivity contribution in [3.63, 3.8) is 0 Å². The van der Waals surface area contributed by atoms with Crippen molar-refractivity contribution in [2.75, 3.05) is 20.3 Å². The van der Waals surface area contributed by atoms with E-state index in [9.17, 15) is 0 Å². The fraction of sp³-hybridized carbons (Fsp3) is 0.357. The molecular weight excluding hydrogens is 306 g/mol. The minimum Gasteiger partial charge on any atom is -0.383 e. The Hall–Kier alpha value is -1.17. The molecule has 2 aromatic rings. The Morgan fingerprint density at radius 1 is 1.42 bits per heavy atom. The van der Waals surface area contributed by atoms with Crippen LogP contribution in [0.15, 0.2) is 34.9 Å². The number of nitrogens with zero attached hydrogens (tertiary/aromatic N) is 1. The number of H-pyrrole nitrogens is 1. The van der Waals surface area contributed by atoms with E-state index < -0.39 is 0 Å². The Kier molecular flexibility index (Phi) is 5.57. The van der Waals surface area contributed by atoms with E-state index >= 15 is 0 Å². The maximum Gasteiger partial charge on any atom is 0.110 e. The molecule has 0 unspecified atom stereocenters. The zero-order valence-corrected chi connectivity index (χ0v) is 12.5. The number of rotatable bonds is 7. The average Bonchev–Trinajstić information content (AvgIpc) is 2.82. The van der Waals surface area contributed by atoms with Crippen molar-refractivity contribution in [1.29, 1.82) is 0 Å². The van der Waals surface area contributed by atoms with Gasteiger partial charge < -0.3 is 15.0 Å². The predicted molar refractivity (Wildman–Crippen MR) is 79.1 cm³/mol. The fourth-order valence-corrected chi connectivity index (χ4v) is 2.27. The van der Waals surface area contributed by atoms with Crippen molar-refractivity contribution in [3.05, 3.63) is 52.0 Å². The van der Waals surface area contributed by atoms with Crippen LogP contribution >= 0.6 is 15.9 Å². The van der Waals surface area contributed by atoms with Crippen molar-refractivity contribution in [1.82, 2.24) is 15.3 Å². The Labute approximate surface area is 121 Å². The van der Waals surface area contributed by atoms with E-state index in [1.807, 2.05) is 18.3 Å². The minimum atomic E-state index is 0.721. The number of nitrogens with one attached hydrogen (secondary N) is 2. The summed E-state index contributed by atoms with van der Waals surface area (Å²) in [5.41, 5.74) is 2.34. The highest BCUT2D eigenvalue weighted by Crippen LogP contribution is 2.14. The number of ether oxygens (including phenoxy) is 1. The van der Waals surface area contributed by atoms with Gasteiger partial charge in [0.25, 0.3) is 0 Å². The van der Waals surface area contributed by atoms with Gasteiger partial charge in [0.2, 0.25) is 0 Å². The first-order valence-electron chi connectivity index (χ1n) is 6.25. The Morgan fingerprint density at radius 3 is 3.11 bits per heavy atom. The summed E-state index contributed by atoms with van der Waals surface area (Å²) >= 11 is 3.48. The van der Waals surface area contributed by atoms with E-state index in [0.29, 0.717) is 0 Å². The van der Waals surface area contributed by atoms with E-state index in [1.165, 1.54) is 5.56 Å². The molecule has 0 amide bonds. The lowest BCUT2D eigenvalue weighted by Crippen LogP contribution is -2.18. The van der Waals surface area contributed by atoms with E-state index in [-0.39, 0.29) is 0 Å². The number of imidazole rings is 1. The molecule has 0 radical (unpaired) electrons. The second kappa shape index (κ2) is 7.43.